The minimum Gasteiger partial charge on any atom is -0.504 e. The van der Waals surface area contributed by atoms with E-state index in [4.69, 9.17) is 4.74 Å². The number of aryl methyl sites for hydroxylation is 1. The van der Waals surface area contributed by atoms with Crippen LogP contribution in [0.2, 0.25) is 0 Å². The minimum atomic E-state index is -0.227. The lowest BCUT2D eigenvalue weighted by Gasteiger charge is -2.25. The molecular weight excluding hydrogens is 462 g/mol. The molecule has 0 aliphatic heterocycles. The van der Waals surface area contributed by atoms with E-state index in [-0.39, 0.29) is 17.4 Å². The maximum Gasteiger partial charge on any atom is 0.250 e. The summed E-state index contributed by atoms with van der Waals surface area (Å²) >= 11 is 1.38. The maximum absolute atomic E-state index is 12.6. The molecule has 1 aliphatic carbocycles. The molecule has 9 heteroatoms. The van der Waals surface area contributed by atoms with Gasteiger partial charge in [0.2, 0.25) is 0 Å². The molecule has 0 radical (unpaired) electrons. The summed E-state index contributed by atoms with van der Waals surface area (Å²) in [6.45, 7) is 3.85. The predicted molar refractivity (Wildman–Crippen MR) is 138 cm³/mol. The van der Waals surface area contributed by atoms with Gasteiger partial charge in [0.15, 0.2) is 22.5 Å². The topological polar surface area (TPSA) is 102 Å². The Labute approximate surface area is 209 Å². The zero-order chi connectivity index (χ0) is 24.8. The van der Waals surface area contributed by atoms with Crippen molar-refractivity contribution in [2.24, 2.45) is 5.10 Å². The lowest BCUT2D eigenvalue weighted by Crippen LogP contribution is -2.22. The number of benzene rings is 2. The Kier molecular flexibility index (Phi) is 8.07. The third-order valence-corrected chi connectivity index (χ3v) is 7.14. The molecule has 8 nitrogen and oxygen atoms in total. The number of rotatable bonds is 8. The molecule has 184 valence electrons. The van der Waals surface area contributed by atoms with Gasteiger partial charge in [-0.3, -0.25) is 9.36 Å². The van der Waals surface area contributed by atoms with Crippen molar-refractivity contribution < 1.29 is 14.6 Å². The van der Waals surface area contributed by atoms with Crippen LogP contribution in [-0.2, 0) is 4.79 Å². The molecule has 0 spiro atoms. The second-order valence-corrected chi connectivity index (χ2v) is 9.68. The molecular formula is C26H31N5O3S. The molecule has 1 heterocycles. The van der Waals surface area contributed by atoms with Gasteiger partial charge in [-0.1, -0.05) is 60.9 Å². The summed E-state index contributed by atoms with van der Waals surface area (Å²) in [7, 11) is 1.49. The Balaban J connectivity index is 1.46. The SMILES string of the molecule is COc1cc(/C(C)=N/NC(=O)CSc2nnc(-c3ccc(C)cc3)n2C2CCCCC2)ccc1O. The van der Waals surface area contributed by atoms with Crippen LogP contribution in [0.1, 0.15) is 56.2 Å². The highest BCUT2D eigenvalue weighted by molar-refractivity contribution is 7.99. The second-order valence-electron chi connectivity index (χ2n) is 8.74. The predicted octanol–water partition coefficient (Wildman–Crippen LogP) is 5.11. The van der Waals surface area contributed by atoms with Crippen molar-refractivity contribution in [3.05, 3.63) is 53.6 Å². The molecule has 1 aliphatic rings. The number of phenols is 1. The number of hydrogen-bond donors (Lipinski definition) is 2. The average Bonchev–Trinajstić information content (AvgIpc) is 3.31. The molecule has 3 aromatic rings. The first-order valence-corrected chi connectivity index (χ1v) is 12.8. The summed E-state index contributed by atoms with van der Waals surface area (Å²) in [6, 6.07) is 13.6. The number of aromatic nitrogens is 3. The summed E-state index contributed by atoms with van der Waals surface area (Å²) in [5.74, 6) is 1.21. The number of aromatic hydroxyl groups is 1. The molecule has 0 saturated heterocycles. The first-order chi connectivity index (χ1) is 17.0. The van der Waals surface area contributed by atoms with Gasteiger partial charge < -0.3 is 9.84 Å². The monoisotopic (exact) mass is 493 g/mol. The van der Waals surface area contributed by atoms with E-state index in [9.17, 15) is 9.90 Å². The number of hydrogen-bond acceptors (Lipinski definition) is 7. The van der Waals surface area contributed by atoms with Crippen LogP contribution in [0.5, 0.6) is 11.5 Å². The van der Waals surface area contributed by atoms with Gasteiger partial charge in [-0.05, 0) is 44.9 Å². The van der Waals surface area contributed by atoms with Crippen LogP contribution in [0, 0.1) is 6.92 Å². The summed E-state index contributed by atoms with van der Waals surface area (Å²) in [6.07, 6.45) is 5.83. The number of hydrazone groups is 1. The van der Waals surface area contributed by atoms with Gasteiger partial charge in [0.1, 0.15) is 0 Å². The minimum absolute atomic E-state index is 0.0524. The number of nitrogens with one attached hydrogen (secondary N) is 1. The van der Waals surface area contributed by atoms with E-state index in [1.165, 1.54) is 49.8 Å². The molecule has 1 saturated carbocycles. The number of phenolic OH excluding ortho intramolecular Hbond substituents is 1. The molecule has 4 rings (SSSR count). The van der Waals surface area contributed by atoms with Gasteiger partial charge in [-0.15, -0.1) is 10.2 Å². The van der Waals surface area contributed by atoms with E-state index in [1.54, 1.807) is 19.1 Å². The number of amides is 1. The largest absolute Gasteiger partial charge is 0.504 e. The third kappa shape index (κ3) is 6.03. The fourth-order valence-electron chi connectivity index (χ4n) is 4.22. The normalized spacial score (nSPS) is 14.7. The molecule has 2 aromatic carbocycles. The Bertz CT molecular complexity index is 1200. The third-order valence-electron chi connectivity index (χ3n) is 6.19. The molecule has 1 amide bonds. The van der Waals surface area contributed by atoms with Crippen LogP contribution in [0.3, 0.4) is 0 Å². The molecule has 1 fully saturated rings. The fourth-order valence-corrected chi connectivity index (χ4v) is 5.02. The van der Waals surface area contributed by atoms with Crippen molar-refractivity contribution in [2.45, 2.75) is 57.1 Å². The highest BCUT2D eigenvalue weighted by Crippen LogP contribution is 2.35. The molecule has 35 heavy (non-hydrogen) atoms. The summed E-state index contributed by atoms with van der Waals surface area (Å²) < 4.78 is 7.36. The zero-order valence-corrected chi connectivity index (χ0v) is 21.1. The van der Waals surface area contributed by atoms with Gasteiger partial charge >= 0.3 is 0 Å². The standard InChI is InChI=1S/C26H31N5O3S/c1-17-9-11-19(12-10-17)25-29-30-26(31(25)21-7-5-4-6-8-21)35-16-24(33)28-27-18(2)20-13-14-22(32)23(15-20)34-3/h9-15,21,32H,4-8,16H2,1-3H3,(H,28,33)/b27-18+. The number of carbonyl (C=O) groups excluding carboxylic acids is 1. The van der Waals surface area contributed by atoms with Crippen LogP contribution in [0.4, 0.5) is 0 Å². The van der Waals surface area contributed by atoms with E-state index >= 15 is 0 Å². The smallest absolute Gasteiger partial charge is 0.250 e. The first-order valence-electron chi connectivity index (χ1n) is 11.8. The molecule has 0 atom stereocenters. The van der Waals surface area contributed by atoms with E-state index < -0.39 is 0 Å². The van der Waals surface area contributed by atoms with Crippen molar-refractivity contribution in [3.63, 3.8) is 0 Å². The maximum atomic E-state index is 12.6. The highest BCUT2D eigenvalue weighted by Gasteiger charge is 2.24. The molecule has 0 bridgehead atoms. The Morgan fingerprint density at radius 1 is 1.17 bits per heavy atom. The second kappa shape index (κ2) is 11.4. The first kappa shape index (κ1) is 24.8. The average molecular weight is 494 g/mol. The lowest BCUT2D eigenvalue weighted by atomic mass is 9.95. The number of nitrogens with zero attached hydrogens (tertiary/aromatic N) is 4. The van der Waals surface area contributed by atoms with Crippen molar-refractivity contribution in [1.82, 2.24) is 20.2 Å². The van der Waals surface area contributed by atoms with Crippen LogP contribution < -0.4 is 10.2 Å². The Hall–Kier alpha value is -3.33. The molecule has 0 unspecified atom stereocenters. The van der Waals surface area contributed by atoms with E-state index in [2.05, 4.69) is 56.5 Å². The number of methoxy groups -OCH3 is 1. The van der Waals surface area contributed by atoms with Crippen molar-refractivity contribution >= 4 is 23.4 Å². The van der Waals surface area contributed by atoms with E-state index in [0.717, 1.165) is 34.9 Å². The molecule has 2 N–H and O–H groups in total. The van der Waals surface area contributed by atoms with E-state index in [0.29, 0.717) is 17.5 Å². The zero-order valence-electron chi connectivity index (χ0n) is 20.3. The van der Waals surface area contributed by atoms with Gasteiger partial charge in [0.25, 0.3) is 5.91 Å². The summed E-state index contributed by atoms with van der Waals surface area (Å²) in [4.78, 5) is 12.6. The van der Waals surface area contributed by atoms with Gasteiger partial charge in [-0.2, -0.15) is 5.10 Å². The fraction of sp³-hybridized carbons (Fsp3) is 0.385. The van der Waals surface area contributed by atoms with Crippen molar-refractivity contribution in [1.29, 1.82) is 0 Å². The molecule has 1 aromatic heterocycles. The summed E-state index contributed by atoms with van der Waals surface area (Å²) in [5, 5.41) is 23.7. The number of ether oxygens (including phenoxy) is 1. The van der Waals surface area contributed by atoms with Gasteiger partial charge in [0, 0.05) is 17.2 Å². The Morgan fingerprint density at radius 2 is 1.91 bits per heavy atom. The number of carbonyl (C=O) groups is 1. The van der Waals surface area contributed by atoms with Crippen LogP contribution in [-0.4, -0.2) is 44.4 Å². The van der Waals surface area contributed by atoms with Gasteiger partial charge in [-0.25, -0.2) is 5.43 Å². The lowest BCUT2D eigenvalue weighted by molar-refractivity contribution is -0.118. The van der Waals surface area contributed by atoms with Crippen molar-refractivity contribution in [2.75, 3.05) is 12.9 Å². The van der Waals surface area contributed by atoms with E-state index in [1.807, 2.05) is 0 Å². The quantitative estimate of drug-likeness (QED) is 0.257. The summed E-state index contributed by atoms with van der Waals surface area (Å²) in [5.41, 5.74) is 6.20. The Morgan fingerprint density at radius 3 is 2.63 bits per heavy atom. The number of thioether (sulfide) groups is 1. The highest BCUT2D eigenvalue weighted by atomic mass is 32.2. The van der Waals surface area contributed by atoms with Gasteiger partial charge in [0.05, 0.1) is 18.6 Å². The van der Waals surface area contributed by atoms with Crippen LogP contribution >= 0.6 is 11.8 Å². The van der Waals surface area contributed by atoms with Crippen molar-refractivity contribution in [3.8, 4) is 22.9 Å². The van der Waals surface area contributed by atoms with Crippen LogP contribution in [0.25, 0.3) is 11.4 Å². The van der Waals surface area contributed by atoms with Crippen LogP contribution in [0.15, 0.2) is 52.7 Å².